The highest BCUT2D eigenvalue weighted by Crippen LogP contribution is 2.24. The summed E-state index contributed by atoms with van der Waals surface area (Å²) in [6, 6.07) is 11.1. The van der Waals surface area contributed by atoms with Crippen molar-refractivity contribution in [2.75, 3.05) is 5.32 Å². The third-order valence-corrected chi connectivity index (χ3v) is 5.85. The lowest BCUT2D eigenvalue weighted by atomic mass is 10.2. The number of rotatable bonds is 4. The maximum absolute atomic E-state index is 13.3. The number of hydrogen-bond acceptors (Lipinski definition) is 5. The zero-order valence-electron chi connectivity index (χ0n) is 17.7. The second-order valence-corrected chi connectivity index (χ2v) is 8.12. The van der Waals surface area contributed by atoms with Gasteiger partial charge in [-0.15, -0.1) is 0 Å². The predicted octanol–water partition coefficient (Wildman–Crippen LogP) is 3.06. The molecule has 0 unspecified atom stereocenters. The monoisotopic (exact) mass is 449 g/mol. The Morgan fingerprint density at radius 3 is 2.66 bits per heavy atom. The molecule has 5 aromatic rings. The van der Waals surface area contributed by atoms with Crippen molar-refractivity contribution < 1.29 is 0 Å². The Kier molecular flexibility index (Phi) is 4.63. The molecule has 32 heavy (non-hydrogen) atoms. The second-order valence-electron chi connectivity index (χ2n) is 7.71. The summed E-state index contributed by atoms with van der Waals surface area (Å²) in [7, 11) is 3.34. The molecular weight excluding hydrogens is 430 g/mol. The molecule has 10 heteroatoms. The summed E-state index contributed by atoms with van der Waals surface area (Å²) in [6.45, 7) is 1.99. The Balaban J connectivity index is 1.61. The Morgan fingerprint density at radius 1 is 1.12 bits per heavy atom. The van der Waals surface area contributed by atoms with Crippen LogP contribution >= 0.6 is 11.6 Å². The molecule has 2 N–H and O–H groups in total. The average molecular weight is 450 g/mol. The fraction of sp³-hybridized carbons (Fsp3) is 0.182. The van der Waals surface area contributed by atoms with Gasteiger partial charge in [-0.3, -0.25) is 18.9 Å². The Labute approximate surface area is 186 Å². The molecular formula is C22H20ClN7O2. The summed E-state index contributed by atoms with van der Waals surface area (Å²) >= 11 is 6.26. The molecule has 0 amide bonds. The number of aryl methyl sites for hydroxylation is 3. The fourth-order valence-electron chi connectivity index (χ4n) is 3.80. The van der Waals surface area contributed by atoms with E-state index in [0.29, 0.717) is 27.8 Å². The summed E-state index contributed by atoms with van der Waals surface area (Å²) in [5, 5.41) is 4.61. The van der Waals surface area contributed by atoms with Crippen LogP contribution in [-0.2, 0) is 20.6 Å². The lowest BCUT2D eigenvalue weighted by Crippen LogP contribution is -2.39. The van der Waals surface area contributed by atoms with Crippen molar-refractivity contribution >= 4 is 45.3 Å². The number of benzene rings is 1. The number of halogens is 1. The van der Waals surface area contributed by atoms with E-state index in [1.165, 1.54) is 9.13 Å². The highest BCUT2D eigenvalue weighted by molar-refractivity contribution is 6.35. The van der Waals surface area contributed by atoms with Crippen molar-refractivity contribution in [1.82, 2.24) is 28.7 Å². The molecule has 4 aromatic heterocycles. The number of fused-ring (bicyclic) bond motifs is 2. The van der Waals surface area contributed by atoms with Crippen molar-refractivity contribution in [3.63, 3.8) is 0 Å². The van der Waals surface area contributed by atoms with Gasteiger partial charge in [0.15, 0.2) is 11.2 Å². The van der Waals surface area contributed by atoms with E-state index >= 15 is 0 Å². The molecule has 0 aliphatic heterocycles. The van der Waals surface area contributed by atoms with Gasteiger partial charge in [0.05, 0.1) is 18.4 Å². The molecule has 9 nitrogen and oxygen atoms in total. The van der Waals surface area contributed by atoms with E-state index in [1.54, 1.807) is 30.9 Å². The number of imidazole rings is 1. The van der Waals surface area contributed by atoms with E-state index < -0.39 is 11.2 Å². The van der Waals surface area contributed by atoms with Crippen molar-refractivity contribution in [2.24, 2.45) is 14.1 Å². The van der Waals surface area contributed by atoms with Crippen LogP contribution in [0.4, 0.5) is 11.6 Å². The number of nitrogens with one attached hydrogen (secondary N) is 2. The standard InChI is InChI=1S/C22H20ClN7O2/c1-12-7-8-13(10-24-12)26-21-27-19-18(28(21)2)20(31)30(22(32)29(19)3)11-14-9-15-16(23)5-4-6-17(15)25-14/h4-10,25H,11H2,1-3H3,(H,26,27). The highest BCUT2D eigenvalue weighted by atomic mass is 35.5. The van der Waals surface area contributed by atoms with Crippen LogP contribution in [0.2, 0.25) is 5.02 Å². The molecule has 0 fully saturated rings. The van der Waals surface area contributed by atoms with E-state index in [1.807, 2.05) is 37.3 Å². The molecule has 0 saturated carbocycles. The van der Waals surface area contributed by atoms with E-state index in [-0.39, 0.29) is 6.54 Å². The molecule has 0 saturated heterocycles. The number of aromatic amines is 1. The van der Waals surface area contributed by atoms with Crippen LogP contribution in [0.1, 0.15) is 11.4 Å². The number of pyridine rings is 1. The first kappa shape index (κ1) is 20.1. The lowest BCUT2D eigenvalue weighted by Gasteiger charge is -2.08. The van der Waals surface area contributed by atoms with Crippen LogP contribution in [0.25, 0.3) is 22.1 Å². The van der Waals surface area contributed by atoms with Gasteiger partial charge in [-0.2, -0.15) is 4.98 Å². The van der Waals surface area contributed by atoms with Gasteiger partial charge in [0.2, 0.25) is 5.95 Å². The molecule has 4 heterocycles. The molecule has 1 aromatic carbocycles. The minimum Gasteiger partial charge on any atom is -0.357 e. The third-order valence-electron chi connectivity index (χ3n) is 5.52. The van der Waals surface area contributed by atoms with Gasteiger partial charge in [-0.25, -0.2) is 4.79 Å². The van der Waals surface area contributed by atoms with Crippen LogP contribution in [0.3, 0.4) is 0 Å². The molecule has 0 aliphatic carbocycles. The zero-order valence-corrected chi connectivity index (χ0v) is 18.4. The lowest BCUT2D eigenvalue weighted by molar-refractivity contribution is 0.648. The Morgan fingerprint density at radius 2 is 1.94 bits per heavy atom. The maximum Gasteiger partial charge on any atom is 0.332 e. The SMILES string of the molecule is Cc1ccc(Nc2nc3c(c(=O)n(Cc4cc5c(Cl)cccc5[nH]4)c(=O)n3C)n2C)cn1. The Hall–Kier alpha value is -3.85. The summed E-state index contributed by atoms with van der Waals surface area (Å²) in [6.07, 6.45) is 1.69. The third kappa shape index (κ3) is 3.18. The molecule has 162 valence electrons. The Bertz CT molecular complexity index is 1610. The summed E-state index contributed by atoms with van der Waals surface area (Å²) in [4.78, 5) is 38.3. The van der Waals surface area contributed by atoms with Crippen LogP contribution < -0.4 is 16.6 Å². The largest absolute Gasteiger partial charge is 0.357 e. The van der Waals surface area contributed by atoms with Crippen molar-refractivity contribution in [1.29, 1.82) is 0 Å². The molecule has 0 aliphatic rings. The van der Waals surface area contributed by atoms with Crippen LogP contribution in [0.15, 0.2) is 52.2 Å². The smallest absolute Gasteiger partial charge is 0.332 e. The predicted molar refractivity (Wildman–Crippen MR) is 125 cm³/mol. The second kappa shape index (κ2) is 7.38. The first-order valence-electron chi connectivity index (χ1n) is 9.95. The van der Waals surface area contributed by atoms with Gasteiger partial charge in [0.1, 0.15) is 0 Å². The zero-order chi connectivity index (χ0) is 22.6. The molecule has 0 bridgehead atoms. The number of H-pyrrole nitrogens is 1. The van der Waals surface area contributed by atoms with Crippen molar-refractivity contribution in [3.8, 4) is 0 Å². The van der Waals surface area contributed by atoms with Crippen LogP contribution in [0.5, 0.6) is 0 Å². The number of aromatic nitrogens is 6. The van der Waals surface area contributed by atoms with E-state index in [0.717, 1.165) is 22.3 Å². The minimum absolute atomic E-state index is 0.0856. The molecule has 5 rings (SSSR count). The van der Waals surface area contributed by atoms with Crippen LogP contribution in [0, 0.1) is 6.92 Å². The number of hydrogen-bond donors (Lipinski definition) is 2. The molecule has 0 spiro atoms. The van der Waals surface area contributed by atoms with Gasteiger partial charge in [0.25, 0.3) is 5.56 Å². The summed E-state index contributed by atoms with van der Waals surface area (Å²) in [5.41, 5.74) is 2.94. The van der Waals surface area contributed by atoms with Gasteiger partial charge in [0, 0.05) is 41.4 Å². The first-order chi connectivity index (χ1) is 15.3. The van der Waals surface area contributed by atoms with Gasteiger partial charge in [-0.1, -0.05) is 17.7 Å². The normalized spacial score (nSPS) is 11.5. The topological polar surface area (TPSA) is 103 Å². The van der Waals surface area contributed by atoms with E-state index in [4.69, 9.17) is 11.6 Å². The average Bonchev–Trinajstić information content (AvgIpc) is 3.33. The molecule has 0 atom stereocenters. The fourth-order valence-corrected chi connectivity index (χ4v) is 4.03. The summed E-state index contributed by atoms with van der Waals surface area (Å²) in [5.74, 6) is 0.438. The van der Waals surface area contributed by atoms with Gasteiger partial charge < -0.3 is 14.9 Å². The van der Waals surface area contributed by atoms with Gasteiger partial charge in [-0.05, 0) is 37.3 Å². The highest BCUT2D eigenvalue weighted by Gasteiger charge is 2.19. The van der Waals surface area contributed by atoms with Crippen LogP contribution in [-0.4, -0.2) is 28.7 Å². The van der Waals surface area contributed by atoms with Gasteiger partial charge >= 0.3 is 5.69 Å². The van der Waals surface area contributed by atoms with E-state index in [2.05, 4.69) is 20.3 Å². The van der Waals surface area contributed by atoms with E-state index in [9.17, 15) is 9.59 Å². The summed E-state index contributed by atoms with van der Waals surface area (Å²) < 4.78 is 4.22. The number of nitrogens with zero attached hydrogens (tertiary/aromatic N) is 5. The quantitative estimate of drug-likeness (QED) is 0.439. The van der Waals surface area contributed by atoms with Crippen molar-refractivity contribution in [3.05, 3.63) is 79.8 Å². The molecule has 0 radical (unpaired) electrons. The number of anilines is 2. The maximum atomic E-state index is 13.3. The van der Waals surface area contributed by atoms with Crippen molar-refractivity contribution in [2.45, 2.75) is 13.5 Å². The first-order valence-corrected chi connectivity index (χ1v) is 10.3. The minimum atomic E-state index is -0.450.